The van der Waals surface area contributed by atoms with Crippen molar-refractivity contribution < 1.29 is 9.47 Å². The molecule has 0 amide bonds. The SMILES string of the molecule is COc1cc(OC(C)C)c2c(=O)[nH]c(N3CCc4ncccc4C3)nc2c1. The Hall–Kier alpha value is -3.09. The fourth-order valence-corrected chi connectivity index (χ4v) is 3.36. The molecule has 3 aromatic rings. The van der Waals surface area contributed by atoms with Crippen LogP contribution < -0.4 is 19.9 Å². The van der Waals surface area contributed by atoms with Gasteiger partial charge < -0.3 is 14.4 Å². The molecule has 0 spiro atoms. The van der Waals surface area contributed by atoms with Crippen LogP contribution in [0.5, 0.6) is 11.5 Å². The highest BCUT2D eigenvalue weighted by atomic mass is 16.5. The van der Waals surface area contributed by atoms with Crippen molar-refractivity contribution in [1.29, 1.82) is 0 Å². The highest BCUT2D eigenvalue weighted by molar-refractivity contribution is 5.86. The maximum absolute atomic E-state index is 12.8. The van der Waals surface area contributed by atoms with Crippen molar-refractivity contribution in [2.45, 2.75) is 32.9 Å². The van der Waals surface area contributed by atoms with Gasteiger partial charge in [0.25, 0.3) is 5.56 Å². The van der Waals surface area contributed by atoms with Crippen LogP contribution in [0.25, 0.3) is 10.9 Å². The molecular formula is C20H22N4O3. The lowest BCUT2D eigenvalue weighted by Crippen LogP contribution is -2.33. The van der Waals surface area contributed by atoms with E-state index in [4.69, 9.17) is 14.5 Å². The van der Waals surface area contributed by atoms with Crippen LogP contribution in [0.15, 0.2) is 35.3 Å². The summed E-state index contributed by atoms with van der Waals surface area (Å²) >= 11 is 0. The predicted molar refractivity (Wildman–Crippen MR) is 104 cm³/mol. The third-order valence-corrected chi connectivity index (χ3v) is 4.60. The summed E-state index contributed by atoms with van der Waals surface area (Å²) in [4.78, 5) is 26.9. The summed E-state index contributed by atoms with van der Waals surface area (Å²) in [6, 6.07) is 7.48. The van der Waals surface area contributed by atoms with E-state index in [1.165, 1.54) is 0 Å². The number of anilines is 1. The molecule has 0 unspecified atom stereocenters. The van der Waals surface area contributed by atoms with Crippen LogP contribution in [0, 0.1) is 0 Å². The first-order valence-corrected chi connectivity index (χ1v) is 9.01. The number of pyridine rings is 1. The molecule has 3 heterocycles. The molecule has 27 heavy (non-hydrogen) atoms. The van der Waals surface area contributed by atoms with E-state index in [-0.39, 0.29) is 11.7 Å². The molecule has 1 N–H and O–H groups in total. The molecule has 1 aliphatic heterocycles. The number of H-pyrrole nitrogens is 1. The van der Waals surface area contributed by atoms with Gasteiger partial charge in [-0.3, -0.25) is 14.8 Å². The van der Waals surface area contributed by atoms with Crippen molar-refractivity contribution in [3.63, 3.8) is 0 Å². The number of aromatic nitrogens is 3. The molecule has 0 saturated carbocycles. The quantitative estimate of drug-likeness (QED) is 0.765. The molecule has 4 rings (SSSR count). The van der Waals surface area contributed by atoms with Crippen LogP contribution in [0.2, 0.25) is 0 Å². The zero-order valence-corrected chi connectivity index (χ0v) is 15.7. The lowest BCUT2D eigenvalue weighted by Gasteiger charge is -2.28. The Morgan fingerprint density at radius 1 is 1.30 bits per heavy atom. The highest BCUT2D eigenvalue weighted by Gasteiger charge is 2.21. The Balaban J connectivity index is 1.79. The molecule has 1 aliphatic rings. The average Bonchev–Trinajstić information content (AvgIpc) is 2.66. The zero-order valence-electron chi connectivity index (χ0n) is 15.7. The number of methoxy groups -OCH3 is 1. The van der Waals surface area contributed by atoms with Crippen LogP contribution in [0.1, 0.15) is 25.1 Å². The Morgan fingerprint density at radius 2 is 2.15 bits per heavy atom. The maximum atomic E-state index is 12.8. The number of benzene rings is 1. The minimum atomic E-state index is -0.217. The number of hydrogen-bond acceptors (Lipinski definition) is 6. The monoisotopic (exact) mass is 366 g/mol. The van der Waals surface area contributed by atoms with Crippen molar-refractivity contribution in [3.05, 3.63) is 52.1 Å². The summed E-state index contributed by atoms with van der Waals surface area (Å²) in [5.41, 5.74) is 2.60. The smallest absolute Gasteiger partial charge is 0.263 e. The Morgan fingerprint density at radius 3 is 2.93 bits per heavy atom. The van der Waals surface area contributed by atoms with E-state index >= 15 is 0 Å². The molecule has 7 heteroatoms. The third-order valence-electron chi connectivity index (χ3n) is 4.60. The first-order chi connectivity index (χ1) is 13.0. The maximum Gasteiger partial charge on any atom is 0.263 e. The summed E-state index contributed by atoms with van der Waals surface area (Å²) in [6.07, 6.45) is 2.57. The summed E-state index contributed by atoms with van der Waals surface area (Å²) in [5, 5.41) is 0.437. The average molecular weight is 366 g/mol. The minimum Gasteiger partial charge on any atom is -0.497 e. The van der Waals surface area contributed by atoms with Crippen molar-refractivity contribution in [2.75, 3.05) is 18.6 Å². The minimum absolute atomic E-state index is 0.0644. The number of ether oxygens (including phenoxy) is 2. The number of hydrogen-bond donors (Lipinski definition) is 1. The second kappa shape index (κ2) is 6.90. The molecule has 140 valence electrons. The van der Waals surface area contributed by atoms with E-state index in [9.17, 15) is 4.79 Å². The van der Waals surface area contributed by atoms with Gasteiger partial charge in [-0.25, -0.2) is 4.98 Å². The molecule has 0 radical (unpaired) electrons. The van der Waals surface area contributed by atoms with Gasteiger partial charge in [0.15, 0.2) is 0 Å². The second-order valence-corrected chi connectivity index (χ2v) is 6.86. The number of aromatic amines is 1. The fourth-order valence-electron chi connectivity index (χ4n) is 3.36. The number of rotatable bonds is 4. The van der Waals surface area contributed by atoms with E-state index in [1.807, 2.05) is 26.1 Å². The standard InChI is InChI=1S/C20H22N4O3/c1-12(2)27-17-10-14(26-3)9-16-18(17)19(25)23-20(22-16)24-8-6-15-13(11-24)5-4-7-21-15/h4-5,7,9-10,12H,6,8,11H2,1-3H3,(H,22,23,25). The number of nitrogens with one attached hydrogen (secondary N) is 1. The van der Waals surface area contributed by atoms with Gasteiger partial charge in [-0.1, -0.05) is 6.07 Å². The summed E-state index contributed by atoms with van der Waals surface area (Å²) < 4.78 is 11.2. The van der Waals surface area contributed by atoms with Crippen LogP contribution in [-0.4, -0.2) is 34.7 Å². The van der Waals surface area contributed by atoms with E-state index in [2.05, 4.69) is 20.9 Å². The molecule has 0 bridgehead atoms. The lowest BCUT2D eigenvalue weighted by atomic mass is 10.1. The van der Waals surface area contributed by atoms with E-state index < -0.39 is 0 Å². The van der Waals surface area contributed by atoms with Crippen molar-refractivity contribution >= 4 is 16.9 Å². The van der Waals surface area contributed by atoms with Crippen molar-refractivity contribution in [3.8, 4) is 11.5 Å². The summed E-state index contributed by atoms with van der Waals surface area (Å²) in [7, 11) is 1.59. The topological polar surface area (TPSA) is 80.3 Å². The Kier molecular flexibility index (Phi) is 4.43. The molecule has 1 aromatic carbocycles. The van der Waals surface area contributed by atoms with Gasteiger partial charge in [-0.15, -0.1) is 0 Å². The molecule has 7 nitrogen and oxygen atoms in total. The van der Waals surface area contributed by atoms with E-state index in [0.29, 0.717) is 34.9 Å². The first kappa shape index (κ1) is 17.3. The van der Waals surface area contributed by atoms with Crippen LogP contribution in [0.3, 0.4) is 0 Å². The van der Waals surface area contributed by atoms with Gasteiger partial charge in [0.1, 0.15) is 16.9 Å². The van der Waals surface area contributed by atoms with Crippen molar-refractivity contribution in [2.24, 2.45) is 0 Å². The normalized spacial score (nSPS) is 13.7. The molecule has 0 fully saturated rings. The predicted octanol–water partition coefficient (Wildman–Crippen LogP) is 2.68. The van der Waals surface area contributed by atoms with Gasteiger partial charge in [0, 0.05) is 43.5 Å². The van der Waals surface area contributed by atoms with Crippen LogP contribution in [-0.2, 0) is 13.0 Å². The Bertz CT molecular complexity index is 1050. The second-order valence-electron chi connectivity index (χ2n) is 6.86. The third kappa shape index (κ3) is 3.32. The van der Waals surface area contributed by atoms with Gasteiger partial charge >= 0.3 is 0 Å². The molecule has 2 aromatic heterocycles. The van der Waals surface area contributed by atoms with Gasteiger partial charge in [-0.2, -0.15) is 0 Å². The molecular weight excluding hydrogens is 344 g/mol. The van der Waals surface area contributed by atoms with E-state index in [1.54, 1.807) is 19.2 Å². The highest BCUT2D eigenvalue weighted by Crippen LogP contribution is 2.30. The van der Waals surface area contributed by atoms with Gasteiger partial charge in [0.05, 0.1) is 18.7 Å². The fraction of sp³-hybridized carbons (Fsp3) is 0.350. The van der Waals surface area contributed by atoms with Gasteiger partial charge in [0.2, 0.25) is 5.95 Å². The van der Waals surface area contributed by atoms with E-state index in [0.717, 1.165) is 24.2 Å². The molecule has 0 atom stereocenters. The Labute approximate surface area is 157 Å². The summed E-state index contributed by atoms with van der Waals surface area (Å²) in [5.74, 6) is 1.63. The molecule has 0 saturated heterocycles. The van der Waals surface area contributed by atoms with Gasteiger partial charge in [-0.05, 0) is 25.5 Å². The van der Waals surface area contributed by atoms with Crippen LogP contribution in [0.4, 0.5) is 5.95 Å². The van der Waals surface area contributed by atoms with Crippen molar-refractivity contribution in [1.82, 2.24) is 15.0 Å². The van der Waals surface area contributed by atoms with Crippen LogP contribution >= 0.6 is 0 Å². The number of fused-ring (bicyclic) bond motifs is 2. The lowest BCUT2D eigenvalue weighted by molar-refractivity contribution is 0.244. The summed E-state index contributed by atoms with van der Waals surface area (Å²) in [6.45, 7) is 5.25. The largest absolute Gasteiger partial charge is 0.497 e. The first-order valence-electron chi connectivity index (χ1n) is 9.01. The zero-order chi connectivity index (χ0) is 19.0. The number of nitrogens with zero attached hydrogens (tertiary/aromatic N) is 3. The molecule has 0 aliphatic carbocycles.